The topological polar surface area (TPSA) is 39.1 Å². The molecule has 2 rings (SSSR count). The molecule has 4 heteroatoms. The van der Waals surface area contributed by atoms with Crippen LogP contribution in [0.15, 0.2) is 6.20 Å². The van der Waals surface area contributed by atoms with Crippen molar-refractivity contribution in [2.75, 3.05) is 13.2 Å². The summed E-state index contributed by atoms with van der Waals surface area (Å²) in [7, 11) is 2.00. The first-order chi connectivity index (χ1) is 9.08. The Hall–Kier alpha value is -0.870. The van der Waals surface area contributed by atoms with Crippen molar-refractivity contribution >= 4 is 0 Å². The fourth-order valence-electron chi connectivity index (χ4n) is 2.83. The summed E-state index contributed by atoms with van der Waals surface area (Å²) in [4.78, 5) is 0. The van der Waals surface area contributed by atoms with Crippen LogP contribution < -0.4 is 5.32 Å². The molecule has 0 spiro atoms. The Labute approximate surface area is 116 Å². The first kappa shape index (κ1) is 14.5. The molecule has 0 radical (unpaired) electrons. The zero-order valence-corrected chi connectivity index (χ0v) is 12.6. The molecule has 1 N–H and O–H groups in total. The van der Waals surface area contributed by atoms with E-state index in [1.54, 1.807) is 0 Å². The van der Waals surface area contributed by atoms with Gasteiger partial charge in [-0.05, 0) is 31.6 Å². The number of hydrogen-bond acceptors (Lipinski definition) is 3. The summed E-state index contributed by atoms with van der Waals surface area (Å²) < 4.78 is 7.35. The van der Waals surface area contributed by atoms with Crippen LogP contribution in [0.2, 0.25) is 0 Å². The molecular formula is C15H27N3O. The number of aryl methyl sites for hydroxylation is 1. The van der Waals surface area contributed by atoms with E-state index in [1.165, 1.54) is 24.1 Å². The maximum atomic E-state index is 5.43. The van der Waals surface area contributed by atoms with Crippen LogP contribution in [0.4, 0.5) is 0 Å². The molecule has 2 heterocycles. The van der Waals surface area contributed by atoms with Crippen molar-refractivity contribution in [3.05, 3.63) is 17.5 Å². The Kier molecular flexibility index (Phi) is 4.99. The van der Waals surface area contributed by atoms with E-state index >= 15 is 0 Å². The molecule has 1 aliphatic rings. The lowest BCUT2D eigenvalue weighted by Gasteiger charge is -2.28. The molecule has 1 atom stereocenters. The molecule has 4 nitrogen and oxygen atoms in total. The molecule has 0 saturated carbocycles. The fourth-order valence-corrected chi connectivity index (χ4v) is 2.83. The SMILES string of the molecule is CC(C)c1nn(C)cc1CNC(C)C1CCOCC1. The van der Waals surface area contributed by atoms with Crippen molar-refractivity contribution < 1.29 is 4.74 Å². The number of nitrogens with one attached hydrogen (secondary N) is 1. The molecule has 108 valence electrons. The lowest BCUT2D eigenvalue weighted by molar-refractivity contribution is 0.0558. The van der Waals surface area contributed by atoms with Crippen LogP contribution in [-0.4, -0.2) is 29.0 Å². The first-order valence-electron chi connectivity index (χ1n) is 7.41. The maximum Gasteiger partial charge on any atom is 0.0694 e. The van der Waals surface area contributed by atoms with Gasteiger partial charge < -0.3 is 10.1 Å². The lowest BCUT2D eigenvalue weighted by Crippen LogP contribution is -2.36. The first-order valence-corrected chi connectivity index (χ1v) is 7.41. The maximum absolute atomic E-state index is 5.43. The summed E-state index contributed by atoms with van der Waals surface area (Å²) in [5.74, 6) is 1.23. The van der Waals surface area contributed by atoms with E-state index in [0.29, 0.717) is 12.0 Å². The highest BCUT2D eigenvalue weighted by atomic mass is 16.5. The van der Waals surface area contributed by atoms with Gasteiger partial charge >= 0.3 is 0 Å². The van der Waals surface area contributed by atoms with Gasteiger partial charge in [-0.2, -0.15) is 5.10 Å². The molecule has 0 bridgehead atoms. The third kappa shape index (κ3) is 3.80. The molecule has 0 aromatic carbocycles. The summed E-state index contributed by atoms with van der Waals surface area (Å²) in [5.41, 5.74) is 2.55. The van der Waals surface area contributed by atoms with E-state index in [2.05, 4.69) is 37.4 Å². The molecule has 1 fully saturated rings. The second-order valence-corrected chi connectivity index (χ2v) is 5.99. The standard InChI is InChI=1S/C15H27N3O/c1-11(2)15-14(10-18(4)17-15)9-16-12(3)13-5-7-19-8-6-13/h10-13,16H,5-9H2,1-4H3. The Morgan fingerprint density at radius 2 is 2.05 bits per heavy atom. The fraction of sp³-hybridized carbons (Fsp3) is 0.800. The largest absolute Gasteiger partial charge is 0.381 e. The summed E-state index contributed by atoms with van der Waals surface area (Å²) in [6.45, 7) is 9.45. The monoisotopic (exact) mass is 265 g/mol. The predicted molar refractivity (Wildman–Crippen MR) is 77.1 cm³/mol. The van der Waals surface area contributed by atoms with Crippen LogP contribution in [0.25, 0.3) is 0 Å². The zero-order valence-electron chi connectivity index (χ0n) is 12.6. The molecule has 1 aromatic rings. The second-order valence-electron chi connectivity index (χ2n) is 5.99. The Balaban J connectivity index is 1.90. The minimum absolute atomic E-state index is 0.483. The van der Waals surface area contributed by atoms with Gasteiger partial charge in [0.2, 0.25) is 0 Å². The van der Waals surface area contributed by atoms with Crippen molar-refractivity contribution in [3.8, 4) is 0 Å². The van der Waals surface area contributed by atoms with Crippen molar-refractivity contribution in [2.45, 2.75) is 52.1 Å². The van der Waals surface area contributed by atoms with Crippen LogP contribution in [0.3, 0.4) is 0 Å². The molecule has 1 unspecified atom stereocenters. The van der Waals surface area contributed by atoms with Crippen molar-refractivity contribution in [1.82, 2.24) is 15.1 Å². The number of aromatic nitrogens is 2. The highest BCUT2D eigenvalue weighted by molar-refractivity contribution is 5.20. The van der Waals surface area contributed by atoms with Gasteiger partial charge in [-0.25, -0.2) is 0 Å². The average Bonchev–Trinajstić information content (AvgIpc) is 2.78. The van der Waals surface area contributed by atoms with Crippen LogP contribution in [0.5, 0.6) is 0 Å². The van der Waals surface area contributed by atoms with E-state index in [0.717, 1.165) is 25.7 Å². The molecule has 0 aliphatic carbocycles. The van der Waals surface area contributed by atoms with Gasteiger partial charge in [0.15, 0.2) is 0 Å². The normalized spacial score (nSPS) is 19.0. The smallest absolute Gasteiger partial charge is 0.0694 e. The third-order valence-corrected chi connectivity index (χ3v) is 4.07. The highest BCUT2D eigenvalue weighted by Crippen LogP contribution is 2.20. The molecule has 1 saturated heterocycles. The minimum Gasteiger partial charge on any atom is -0.381 e. The van der Waals surface area contributed by atoms with Crippen molar-refractivity contribution in [1.29, 1.82) is 0 Å². The summed E-state index contributed by atoms with van der Waals surface area (Å²) in [6.07, 6.45) is 4.50. The van der Waals surface area contributed by atoms with Gasteiger partial charge in [0.1, 0.15) is 0 Å². The molecule has 1 aliphatic heterocycles. The van der Waals surface area contributed by atoms with E-state index < -0.39 is 0 Å². The number of nitrogens with zero attached hydrogens (tertiary/aromatic N) is 2. The van der Waals surface area contributed by atoms with Gasteiger partial charge in [0, 0.05) is 44.6 Å². The number of hydrogen-bond donors (Lipinski definition) is 1. The van der Waals surface area contributed by atoms with E-state index in [-0.39, 0.29) is 0 Å². The van der Waals surface area contributed by atoms with E-state index in [1.807, 2.05) is 11.7 Å². The zero-order chi connectivity index (χ0) is 13.8. The van der Waals surface area contributed by atoms with Crippen molar-refractivity contribution in [2.24, 2.45) is 13.0 Å². The summed E-state index contributed by atoms with van der Waals surface area (Å²) in [6, 6.07) is 0.545. The Morgan fingerprint density at radius 1 is 1.37 bits per heavy atom. The summed E-state index contributed by atoms with van der Waals surface area (Å²) in [5, 5.41) is 8.23. The second kappa shape index (κ2) is 6.53. The van der Waals surface area contributed by atoms with Crippen LogP contribution in [0, 0.1) is 5.92 Å². The third-order valence-electron chi connectivity index (χ3n) is 4.07. The molecule has 1 aromatic heterocycles. The number of rotatable bonds is 5. The molecule has 0 amide bonds. The molecule has 19 heavy (non-hydrogen) atoms. The van der Waals surface area contributed by atoms with Gasteiger partial charge in [-0.1, -0.05) is 13.8 Å². The van der Waals surface area contributed by atoms with E-state index in [4.69, 9.17) is 4.74 Å². The number of ether oxygens (including phenoxy) is 1. The predicted octanol–water partition coefficient (Wildman–Crippen LogP) is 2.45. The summed E-state index contributed by atoms with van der Waals surface area (Å²) >= 11 is 0. The minimum atomic E-state index is 0.483. The highest BCUT2D eigenvalue weighted by Gasteiger charge is 2.20. The van der Waals surface area contributed by atoms with Gasteiger partial charge in [0.25, 0.3) is 0 Å². The van der Waals surface area contributed by atoms with Crippen LogP contribution in [-0.2, 0) is 18.3 Å². The van der Waals surface area contributed by atoms with Crippen LogP contribution in [0.1, 0.15) is 50.8 Å². The Morgan fingerprint density at radius 3 is 2.68 bits per heavy atom. The Bertz CT molecular complexity index is 394. The average molecular weight is 265 g/mol. The van der Waals surface area contributed by atoms with Gasteiger partial charge in [-0.15, -0.1) is 0 Å². The van der Waals surface area contributed by atoms with Gasteiger partial charge in [-0.3, -0.25) is 4.68 Å². The molecular weight excluding hydrogens is 238 g/mol. The van der Waals surface area contributed by atoms with Crippen molar-refractivity contribution in [3.63, 3.8) is 0 Å². The van der Waals surface area contributed by atoms with Crippen LogP contribution >= 0.6 is 0 Å². The quantitative estimate of drug-likeness (QED) is 0.889. The van der Waals surface area contributed by atoms with E-state index in [9.17, 15) is 0 Å². The van der Waals surface area contributed by atoms with Gasteiger partial charge in [0.05, 0.1) is 5.69 Å². The lowest BCUT2D eigenvalue weighted by atomic mass is 9.93.